The summed E-state index contributed by atoms with van der Waals surface area (Å²) in [4.78, 5) is 0. The van der Waals surface area contributed by atoms with Crippen LogP contribution in [0.2, 0.25) is 0 Å². The first-order valence-electron chi connectivity index (χ1n) is 2.61. The Morgan fingerprint density at radius 1 is 1.27 bits per heavy atom. The van der Waals surface area contributed by atoms with E-state index in [4.69, 9.17) is 0 Å². The van der Waals surface area contributed by atoms with Gasteiger partial charge in [0.25, 0.3) is 5.85 Å². The zero-order valence-corrected chi connectivity index (χ0v) is 6.62. The molecule has 1 aliphatic rings. The SMILES string of the molecule is F[C@@H](Br)[C@]1(F)C=CC(F)(F)O1. The molecule has 0 N–H and O–H groups in total. The highest BCUT2D eigenvalue weighted by atomic mass is 79.9. The van der Waals surface area contributed by atoms with Gasteiger partial charge in [-0.2, -0.15) is 8.78 Å². The molecule has 1 nitrogen and oxygen atoms in total. The Bertz CT molecular complexity index is 193. The molecule has 1 rings (SSSR count). The standard InChI is InChI=1S/C5H3BrF4O/c6-3(7)4(8)1-2-5(9,10)11-4/h1-3H/t3-,4+/m1/s1. The molecule has 6 heteroatoms. The Hall–Kier alpha value is -0.100. The lowest BCUT2D eigenvalue weighted by Gasteiger charge is -2.19. The molecule has 0 unspecified atom stereocenters. The fraction of sp³-hybridized carbons (Fsp3) is 0.600. The van der Waals surface area contributed by atoms with Gasteiger partial charge in [0.15, 0.2) is 0 Å². The number of rotatable bonds is 1. The van der Waals surface area contributed by atoms with Gasteiger partial charge in [0.1, 0.15) is 0 Å². The third-order valence-corrected chi connectivity index (χ3v) is 1.72. The summed E-state index contributed by atoms with van der Waals surface area (Å²) in [7, 11) is 0. The predicted molar refractivity (Wildman–Crippen MR) is 32.8 cm³/mol. The van der Waals surface area contributed by atoms with E-state index >= 15 is 0 Å². The molecule has 64 valence electrons. The fourth-order valence-electron chi connectivity index (χ4n) is 0.605. The van der Waals surface area contributed by atoms with Gasteiger partial charge in [0, 0.05) is 6.08 Å². The van der Waals surface area contributed by atoms with Gasteiger partial charge in [-0.15, -0.1) is 0 Å². The highest BCUT2D eigenvalue weighted by Gasteiger charge is 2.51. The summed E-state index contributed by atoms with van der Waals surface area (Å²) in [6.45, 7) is 0. The van der Waals surface area contributed by atoms with Crippen LogP contribution in [-0.2, 0) is 4.74 Å². The minimum Gasteiger partial charge on any atom is -0.272 e. The number of ether oxygens (including phenoxy) is 1. The Morgan fingerprint density at radius 2 is 1.82 bits per heavy atom. The number of alkyl halides is 5. The summed E-state index contributed by atoms with van der Waals surface area (Å²) in [6, 6.07) is 0. The van der Waals surface area contributed by atoms with Crippen LogP contribution < -0.4 is 0 Å². The summed E-state index contributed by atoms with van der Waals surface area (Å²) in [6.07, 6.45) is -3.21. The van der Waals surface area contributed by atoms with Crippen molar-refractivity contribution in [3.05, 3.63) is 12.2 Å². The fourth-order valence-corrected chi connectivity index (χ4v) is 0.851. The van der Waals surface area contributed by atoms with Crippen molar-refractivity contribution in [2.75, 3.05) is 0 Å². The highest BCUT2D eigenvalue weighted by Crippen LogP contribution is 2.39. The Balaban J connectivity index is 2.76. The predicted octanol–water partition coefficient (Wildman–Crippen LogP) is 2.52. The Kier molecular flexibility index (Phi) is 2.00. The largest absolute Gasteiger partial charge is 0.379 e. The van der Waals surface area contributed by atoms with E-state index < -0.39 is 17.0 Å². The molecule has 0 saturated heterocycles. The van der Waals surface area contributed by atoms with Crippen LogP contribution in [-0.4, -0.2) is 17.0 Å². The molecule has 1 heterocycles. The molecule has 0 saturated carbocycles. The molecule has 0 aromatic carbocycles. The van der Waals surface area contributed by atoms with Gasteiger partial charge >= 0.3 is 6.11 Å². The molecular weight excluding hydrogens is 232 g/mol. The summed E-state index contributed by atoms with van der Waals surface area (Å²) < 4.78 is 52.5. The second kappa shape index (κ2) is 2.45. The van der Waals surface area contributed by atoms with E-state index in [2.05, 4.69) is 20.7 Å². The Labute approximate surface area is 68.1 Å². The zero-order chi connectivity index (χ0) is 8.70. The van der Waals surface area contributed by atoms with Crippen LogP contribution in [0.4, 0.5) is 17.6 Å². The van der Waals surface area contributed by atoms with E-state index in [-0.39, 0.29) is 6.08 Å². The number of halogens is 5. The van der Waals surface area contributed by atoms with Gasteiger partial charge < -0.3 is 0 Å². The summed E-state index contributed by atoms with van der Waals surface area (Å²) in [5.74, 6) is -3.05. The van der Waals surface area contributed by atoms with Crippen molar-refractivity contribution in [3.8, 4) is 0 Å². The van der Waals surface area contributed by atoms with Crippen molar-refractivity contribution < 1.29 is 22.3 Å². The maximum Gasteiger partial charge on any atom is 0.379 e. The quantitative estimate of drug-likeness (QED) is 0.385. The van der Waals surface area contributed by atoms with Crippen LogP contribution in [0, 0.1) is 0 Å². The third-order valence-electron chi connectivity index (χ3n) is 1.09. The van der Waals surface area contributed by atoms with Gasteiger partial charge in [-0.05, 0) is 22.0 Å². The van der Waals surface area contributed by atoms with E-state index in [1.54, 1.807) is 0 Å². The van der Waals surface area contributed by atoms with Crippen LogP contribution in [0.1, 0.15) is 0 Å². The first-order chi connectivity index (χ1) is 4.86. The van der Waals surface area contributed by atoms with Gasteiger partial charge in [-0.1, -0.05) is 0 Å². The van der Waals surface area contributed by atoms with E-state index in [0.29, 0.717) is 6.08 Å². The molecule has 0 bridgehead atoms. The van der Waals surface area contributed by atoms with Crippen LogP contribution in [0.3, 0.4) is 0 Å². The molecule has 0 aromatic rings. The summed E-state index contributed by atoms with van der Waals surface area (Å²) >= 11 is 2.16. The van der Waals surface area contributed by atoms with E-state index in [9.17, 15) is 17.6 Å². The lowest BCUT2D eigenvalue weighted by Crippen LogP contribution is -2.33. The zero-order valence-electron chi connectivity index (χ0n) is 5.03. The molecule has 0 radical (unpaired) electrons. The smallest absolute Gasteiger partial charge is 0.272 e. The lowest BCUT2D eigenvalue weighted by atomic mass is 10.3. The molecule has 0 spiro atoms. The number of hydrogen-bond donors (Lipinski definition) is 0. The molecule has 11 heavy (non-hydrogen) atoms. The molecule has 0 amide bonds. The maximum atomic E-state index is 12.7. The van der Waals surface area contributed by atoms with E-state index in [1.807, 2.05) is 0 Å². The van der Waals surface area contributed by atoms with E-state index in [0.717, 1.165) is 0 Å². The second-order valence-corrected chi connectivity index (χ2v) is 2.80. The van der Waals surface area contributed by atoms with Gasteiger partial charge in [0.05, 0.1) is 0 Å². The van der Waals surface area contributed by atoms with Gasteiger partial charge in [-0.25, -0.2) is 8.78 Å². The topological polar surface area (TPSA) is 9.23 Å². The molecule has 0 aromatic heterocycles. The normalized spacial score (nSPS) is 37.5. The minimum atomic E-state index is -3.72. The van der Waals surface area contributed by atoms with Crippen LogP contribution >= 0.6 is 15.9 Å². The van der Waals surface area contributed by atoms with Crippen LogP contribution in [0.15, 0.2) is 12.2 Å². The minimum absolute atomic E-state index is 0.167. The van der Waals surface area contributed by atoms with Crippen molar-refractivity contribution in [2.45, 2.75) is 17.0 Å². The van der Waals surface area contributed by atoms with E-state index in [1.165, 1.54) is 0 Å². The summed E-state index contributed by atoms with van der Waals surface area (Å²) in [5.41, 5.74) is 0. The van der Waals surface area contributed by atoms with Crippen molar-refractivity contribution in [1.82, 2.24) is 0 Å². The molecule has 0 fully saturated rings. The maximum absolute atomic E-state index is 12.7. The first kappa shape index (κ1) is 8.99. The Morgan fingerprint density at radius 3 is 2.00 bits per heavy atom. The first-order valence-corrected chi connectivity index (χ1v) is 3.53. The van der Waals surface area contributed by atoms with Crippen molar-refractivity contribution in [2.24, 2.45) is 0 Å². The molecule has 2 atom stereocenters. The van der Waals surface area contributed by atoms with Gasteiger partial charge in [0.2, 0.25) is 5.08 Å². The van der Waals surface area contributed by atoms with Crippen LogP contribution in [0.25, 0.3) is 0 Å². The molecular formula is C5H3BrF4O. The van der Waals surface area contributed by atoms with Crippen molar-refractivity contribution >= 4 is 15.9 Å². The average Bonchev–Trinajstić information content (AvgIpc) is 2.08. The van der Waals surface area contributed by atoms with Crippen molar-refractivity contribution in [1.29, 1.82) is 0 Å². The lowest BCUT2D eigenvalue weighted by molar-refractivity contribution is -0.278. The highest BCUT2D eigenvalue weighted by molar-refractivity contribution is 9.09. The monoisotopic (exact) mass is 234 g/mol. The summed E-state index contributed by atoms with van der Waals surface area (Å²) in [5, 5.41) is -2.29. The molecule has 0 aliphatic carbocycles. The van der Waals surface area contributed by atoms with Crippen LogP contribution in [0.5, 0.6) is 0 Å². The van der Waals surface area contributed by atoms with Crippen molar-refractivity contribution in [3.63, 3.8) is 0 Å². The number of hydrogen-bond acceptors (Lipinski definition) is 1. The molecule has 1 aliphatic heterocycles. The second-order valence-electron chi connectivity index (χ2n) is 2.00. The average molecular weight is 235 g/mol. The third kappa shape index (κ3) is 1.73. The van der Waals surface area contributed by atoms with Gasteiger partial charge in [-0.3, -0.25) is 4.74 Å².